The Balaban J connectivity index is 2.58. The van der Waals surface area contributed by atoms with E-state index in [1.807, 2.05) is 13.8 Å². The summed E-state index contributed by atoms with van der Waals surface area (Å²) in [6.45, 7) is 7.51. The summed E-state index contributed by atoms with van der Waals surface area (Å²) in [7, 11) is 0. The number of carbonyl (C=O) groups excluding carboxylic acids is 1. The Morgan fingerprint density at radius 1 is 1.35 bits per heavy atom. The standard InChI is InChI=1S/C13H17FN2O/c1-8(2)16-11-6-5-9(14)7-10(11)15-13(3,4)12(16)17/h5-8,15H,1-4H3. The first-order chi connectivity index (χ1) is 7.83. The molecule has 1 aliphatic rings. The average molecular weight is 236 g/mol. The van der Waals surface area contributed by atoms with Crippen molar-refractivity contribution in [1.82, 2.24) is 0 Å². The molecule has 0 spiro atoms. The molecule has 3 nitrogen and oxygen atoms in total. The van der Waals surface area contributed by atoms with E-state index in [0.29, 0.717) is 5.69 Å². The topological polar surface area (TPSA) is 32.3 Å². The van der Waals surface area contributed by atoms with Crippen LogP contribution in [0.1, 0.15) is 27.7 Å². The Morgan fingerprint density at radius 3 is 2.59 bits per heavy atom. The van der Waals surface area contributed by atoms with Gasteiger partial charge in [-0.05, 0) is 45.9 Å². The van der Waals surface area contributed by atoms with Crippen LogP contribution >= 0.6 is 0 Å². The molecule has 0 saturated heterocycles. The Morgan fingerprint density at radius 2 is 2.00 bits per heavy atom. The quantitative estimate of drug-likeness (QED) is 0.813. The van der Waals surface area contributed by atoms with Crippen molar-refractivity contribution < 1.29 is 9.18 Å². The first-order valence-electron chi connectivity index (χ1n) is 5.74. The molecule has 1 aliphatic heterocycles. The molecule has 0 atom stereocenters. The fourth-order valence-electron chi connectivity index (χ4n) is 2.13. The predicted molar refractivity (Wildman–Crippen MR) is 66.7 cm³/mol. The van der Waals surface area contributed by atoms with Crippen molar-refractivity contribution in [3.8, 4) is 0 Å². The Kier molecular flexibility index (Phi) is 2.60. The first kappa shape index (κ1) is 11.9. The molecule has 0 fully saturated rings. The summed E-state index contributed by atoms with van der Waals surface area (Å²) in [6.07, 6.45) is 0. The van der Waals surface area contributed by atoms with Gasteiger partial charge in [0.1, 0.15) is 11.4 Å². The van der Waals surface area contributed by atoms with E-state index in [2.05, 4.69) is 5.32 Å². The van der Waals surface area contributed by atoms with E-state index in [9.17, 15) is 9.18 Å². The second kappa shape index (κ2) is 3.72. The first-order valence-corrected chi connectivity index (χ1v) is 5.74. The number of anilines is 2. The van der Waals surface area contributed by atoms with Crippen LogP contribution in [-0.2, 0) is 4.79 Å². The summed E-state index contributed by atoms with van der Waals surface area (Å²) in [5, 5.41) is 3.08. The normalized spacial score (nSPS) is 18.0. The van der Waals surface area contributed by atoms with Gasteiger partial charge in [0.25, 0.3) is 5.91 Å². The number of hydrogen-bond acceptors (Lipinski definition) is 2. The molecule has 92 valence electrons. The van der Waals surface area contributed by atoms with Crippen LogP contribution in [0, 0.1) is 5.82 Å². The smallest absolute Gasteiger partial charge is 0.252 e. The summed E-state index contributed by atoms with van der Waals surface area (Å²) >= 11 is 0. The van der Waals surface area contributed by atoms with Gasteiger partial charge in [-0.25, -0.2) is 4.39 Å². The van der Waals surface area contributed by atoms with Gasteiger partial charge < -0.3 is 10.2 Å². The second-order valence-corrected chi connectivity index (χ2v) is 5.18. The van der Waals surface area contributed by atoms with E-state index in [-0.39, 0.29) is 17.8 Å². The van der Waals surface area contributed by atoms with E-state index in [1.165, 1.54) is 12.1 Å². The van der Waals surface area contributed by atoms with Gasteiger partial charge in [0.05, 0.1) is 11.4 Å². The third-order valence-corrected chi connectivity index (χ3v) is 2.94. The molecular weight excluding hydrogens is 219 g/mol. The van der Waals surface area contributed by atoms with Crippen molar-refractivity contribution in [3.05, 3.63) is 24.0 Å². The van der Waals surface area contributed by atoms with Crippen molar-refractivity contribution in [3.63, 3.8) is 0 Å². The maximum Gasteiger partial charge on any atom is 0.252 e. The van der Waals surface area contributed by atoms with Crippen LogP contribution in [0.4, 0.5) is 15.8 Å². The number of carbonyl (C=O) groups is 1. The molecule has 4 heteroatoms. The largest absolute Gasteiger partial charge is 0.370 e. The molecule has 1 N–H and O–H groups in total. The minimum Gasteiger partial charge on any atom is -0.370 e. The number of hydrogen-bond donors (Lipinski definition) is 1. The van der Waals surface area contributed by atoms with Crippen molar-refractivity contribution in [2.24, 2.45) is 0 Å². The average Bonchev–Trinajstić information content (AvgIpc) is 2.19. The Labute approximate surface area is 101 Å². The lowest BCUT2D eigenvalue weighted by Crippen LogP contribution is -2.56. The molecule has 0 radical (unpaired) electrons. The summed E-state index contributed by atoms with van der Waals surface area (Å²) < 4.78 is 13.2. The highest BCUT2D eigenvalue weighted by Gasteiger charge is 2.39. The molecule has 1 aromatic carbocycles. The molecule has 1 aromatic rings. The molecule has 0 aliphatic carbocycles. The van der Waals surface area contributed by atoms with Gasteiger partial charge in [-0.3, -0.25) is 4.79 Å². The van der Waals surface area contributed by atoms with Gasteiger partial charge in [0.15, 0.2) is 0 Å². The molecule has 0 bridgehead atoms. The molecule has 17 heavy (non-hydrogen) atoms. The molecular formula is C13H17FN2O. The Bertz CT molecular complexity index is 468. The lowest BCUT2D eigenvalue weighted by atomic mass is 9.97. The summed E-state index contributed by atoms with van der Waals surface area (Å²) in [6, 6.07) is 4.50. The fraction of sp³-hybridized carbons (Fsp3) is 0.462. The number of fused-ring (bicyclic) bond motifs is 1. The van der Waals surface area contributed by atoms with E-state index >= 15 is 0 Å². The number of nitrogens with one attached hydrogen (secondary N) is 1. The number of benzene rings is 1. The van der Waals surface area contributed by atoms with E-state index in [4.69, 9.17) is 0 Å². The number of rotatable bonds is 1. The molecule has 0 saturated carbocycles. The molecule has 0 aromatic heterocycles. The molecule has 1 amide bonds. The van der Waals surface area contributed by atoms with Crippen molar-refractivity contribution in [1.29, 1.82) is 0 Å². The minimum absolute atomic E-state index is 0.00612. The van der Waals surface area contributed by atoms with Gasteiger partial charge >= 0.3 is 0 Å². The third kappa shape index (κ3) is 1.88. The molecule has 2 rings (SSSR count). The highest BCUT2D eigenvalue weighted by molar-refractivity contribution is 6.07. The maximum atomic E-state index is 13.2. The summed E-state index contributed by atoms with van der Waals surface area (Å²) in [5.41, 5.74) is 0.708. The molecule has 1 heterocycles. The van der Waals surface area contributed by atoms with Gasteiger partial charge in [0.2, 0.25) is 0 Å². The SMILES string of the molecule is CC(C)N1C(=O)C(C)(C)Nc2cc(F)ccc21. The van der Waals surface area contributed by atoms with Crippen LogP contribution in [0.3, 0.4) is 0 Å². The van der Waals surface area contributed by atoms with Crippen LogP contribution in [0.5, 0.6) is 0 Å². The highest BCUT2D eigenvalue weighted by Crippen LogP contribution is 2.36. The third-order valence-electron chi connectivity index (χ3n) is 2.94. The lowest BCUT2D eigenvalue weighted by molar-refractivity contribution is -0.122. The van der Waals surface area contributed by atoms with E-state index in [0.717, 1.165) is 5.69 Å². The monoisotopic (exact) mass is 236 g/mol. The summed E-state index contributed by atoms with van der Waals surface area (Å²) in [4.78, 5) is 14.0. The van der Waals surface area contributed by atoms with Gasteiger partial charge in [-0.2, -0.15) is 0 Å². The predicted octanol–water partition coefficient (Wildman–Crippen LogP) is 2.77. The van der Waals surface area contributed by atoms with Crippen LogP contribution in [0.25, 0.3) is 0 Å². The van der Waals surface area contributed by atoms with E-state index < -0.39 is 5.54 Å². The zero-order valence-corrected chi connectivity index (χ0v) is 10.5. The summed E-state index contributed by atoms with van der Waals surface area (Å²) in [5.74, 6) is -0.295. The maximum absolute atomic E-state index is 13.2. The number of halogens is 1. The lowest BCUT2D eigenvalue weighted by Gasteiger charge is -2.41. The highest BCUT2D eigenvalue weighted by atomic mass is 19.1. The van der Waals surface area contributed by atoms with E-state index in [1.54, 1.807) is 24.8 Å². The zero-order valence-electron chi connectivity index (χ0n) is 10.5. The van der Waals surface area contributed by atoms with Crippen LogP contribution < -0.4 is 10.2 Å². The van der Waals surface area contributed by atoms with Gasteiger partial charge in [0, 0.05) is 6.04 Å². The van der Waals surface area contributed by atoms with Crippen LogP contribution in [-0.4, -0.2) is 17.5 Å². The Hall–Kier alpha value is -1.58. The zero-order chi connectivity index (χ0) is 12.8. The van der Waals surface area contributed by atoms with Crippen molar-refractivity contribution in [2.75, 3.05) is 10.2 Å². The van der Waals surface area contributed by atoms with Crippen LogP contribution in [0.15, 0.2) is 18.2 Å². The number of amides is 1. The van der Waals surface area contributed by atoms with Crippen LogP contribution in [0.2, 0.25) is 0 Å². The minimum atomic E-state index is -0.703. The second-order valence-electron chi connectivity index (χ2n) is 5.18. The van der Waals surface area contributed by atoms with Crippen molar-refractivity contribution in [2.45, 2.75) is 39.3 Å². The fourth-order valence-corrected chi connectivity index (χ4v) is 2.13. The van der Waals surface area contributed by atoms with Gasteiger partial charge in [-0.1, -0.05) is 0 Å². The molecule has 0 unspecified atom stereocenters. The van der Waals surface area contributed by atoms with Crippen molar-refractivity contribution >= 4 is 17.3 Å². The van der Waals surface area contributed by atoms with Gasteiger partial charge in [-0.15, -0.1) is 0 Å². The number of nitrogens with zero attached hydrogens (tertiary/aromatic N) is 1.